The van der Waals surface area contributed by atoms with Crippen molar-refractivity contribution in [3.8, 4) is 0 Å². The van der Waals surface area contributed by atoms with Crippen molar-refractivity contribution >= 4 is 23.4 Å². The highest BCUT2D eigenvalue weighted by molar-refractivity contribution is 6.32. The molecule has 1 aliphatic heterocycles. The minimum Gasteiger partial charge on any atom is -0.469 e. The van der Waals surface area contributed by atoms with Gasteiger partial charge in [0.15, 0.2) is 0 Å². The highest BCUT2D eigenvalue weighted by atomic mass is 35.5. The van der Waals surface area contributed by atoms with E-state index in [9.17, 15) is 4.79 Å². The number of carbonyl (C=O) groups excluding carboxylic acids is 1. The monoisotopic (exact) mass is 254 g/mol. The fraction of sp³-hybridized carbons (Fsp3) is 0.500. The second-order valence-electron chi connectivity index (χ2n) is 4.32. The van der Waals surface area contributed by atoms with Crippen molar-refractivity contribution in [3.63, 3.8) is 0 Å². The van der Waals surface area contributed by atoms with Crippen LogP contribution >= 0.6 is 11.6 Å². The number of aromatic nitrogens is 1. The summed E-state index contributed by atoms with van der Waals surface area (Å²) in [6.07, 6.45) is 1.71. The highest BCUT2D eigenvalue weighted by Gasteiger charge is 2.36. The lowest BCUT2D eigenvalue weighted by molar-refractivity contribution is -0.145. The van der Waals surface area contributed by atoms with Crippen molar-refractivity contribution in [3.05, 3.63) is 23.4 Å². The lowest BCUT2D eigenvalue weighted by atomic mass is 9.99. The fourth-order valence-electron chi connectivity index (χ4n) is 2.21. The van der Waals surface area contributed by atoms with Crippen molar-refractivity contribution in [1.29, 1.82) is 0 Å². The predicted octanol–water partition coefficient (Wildman–Crippen LogP) is 1.98. The summed E-state index contributed by atoms with van der Waals surface area (Å²) in [6.45, 7) is 3.43. The van der Waals surface area contributed by atoms with Crippen molar-refractivity contribution in [2.75, 3.05) is 25.1 Å². The summed E-state index contributed by atoms with van der Waals surface area (Å²) >= 11 is 6.09. The van der Waals surface area contributed by atoms with Gasteiger partial charge in [-0.2, -0.15) is 0 Å². The Morgan fingerprint density at radius 2 is 2.35 bits per heavy atom. The van der Waals surface area contributed by atoms with Gasteiger partial charge >= 0.3 is 5.97 Å². The smallest absolute Gasteiger partial charge is 0.310 e. The summed E-state index contributed by atoms with van der Waals surface area (Å²) in [7, 11) is 1.42. The van der Waals surface area contributed by atoms with Gasteiger partial charge in [0.2, 0.25) is 0 Å². The van der Waals surface area contributed by atoms with Gasteiger partial charge in [0, 0.05) is 19.3 Å². The molecule has 5 heteroatoms. The number of rotatable bonds is 2. The fourth-order valence-corrected chi connectivity index (χ4v) is 2.45. The van der Waals surface area contributed by atoms with E-state index in [-0.39, 0.29) is 17.8 Å². The summed E-state index contributed by atoms with van der Waals surface area (Å²) in [5.74, 6) is 0.734. The number of hydrogen-bond acceptors (Lipinski definition) is 4. The maximum Gasteiger partial charge on any atom is 0.310 e. The number of hydrogen-bond donors (Lipinski definition) is 0. The Kier molecular flexibility index (Phi) is 3.52. The second kappa shape index (κ2) is 4.92. The van der Waals surface area contributed by atoms with Crippen LogP contribution < -0.4 is 4.90 Å². The summed E-state index contributed by atoms with van der Waals surface area (Å²) in [6, 6.07) is 3.60. The third-order valence-corrected chi connectivity index (χ3v) is 3.45. The maximum absolute atomic E-state index is 11.6. The number of pyridine rings is 1. The van der Waals surface area contributed by atoms with E-state index in [0.717, 1.165) is 12.4 Å². The first-order valence-electron chi connectivity index (χ1n) is 5.56. The first-order chi connectivity index (χ1) is 8.13. The zero-order valence-corrected chi connectivity index (χ0v) is 10.6. The van der Waals surface area contributed by atoms with E-state index in [1.807, 2.05) is 11.8 Å². The molecule has 0 aliphatic carbocycles. The predicted molar refractivity (Wildman–Crippen MR) is 66.1 cm³/mol. The van der Waals surface area contributed by atoms with Gasteiger partial charge in [-0.25, -0.2) is 4.98 Å². The molecule has 0 saturated carbocycles. The molecule has 0 amide bonds. The molecule has 2 unspecified atom stereocenters. The van der Waals surface area contributed by atoms with Gasteiger partial charge in [0.1, 0.15) is 5.82 Å². The second-order valence-corrected chi connectivity index (χ2v) is 4.73. The normalized spacial score (nSPS) is 23.8. The Balaban J connectivity index is 2.17. The topological polar surface area (TPSA) is 42.4 Å². The number of ether oxygens (including phenoxy) is 1. The van der Waals surface area contributed by atoms with Crippen LogP contribution in [-0.4, -0.2) is 31.2 Å². The minimum absolute atomic E-state index is 0.0990. The first-order valence-corrected chi connectivity index (χ1v) is 5.94. The van der Waals surface area contributed by atoms with Crippen LogP contribution in [0.25, 0.3) is 0 Å². The van der Waals surface area contributed by atoms with Gasteiger partial charge in [0.25, 0.3) is 0 Å². The molecule has 1 aliphatic rings. The lowest BCUT2D eigenvalue weighted by Gasteiger charge is -2.17. The molecule has 0 N–H and O–H groups in total. The number of halogens is 1. The Bertz CT molecular complexity index is 425. The molecule has 4 nitrogen and oxygen atoms in total. The molecule has 92 valence electrons. The molecule has 0 radical (unpaired) electrons. The highest BCUT2D eigenvalue weighted by Crippen LogP contribution is 2.31. The van der Waals surface area contributed by atoms with Crippen molar-refractivity contribution in [2.45, 2.75) is 6.92 Å². The van der Waals surface area contributed by atoms with Gasteiger partial charge in [-0.15, -0.1) is 0 Å². The van der Waals surface area contributed by atoms with Crippen LogP contribution in [0.4, 0.5) is 5.82 Å². The van der Waals surface area contributed by atoms with Crippen molar-refractivity contribution in [1.82, 2.24) is 4.98 Å². The Hall–Kier alpha value is -1.29. The Morgan fingerprint density at radius 3 is 3.00 bits per heavy atom. The van der Waals surface area contributed by atoms with E-state index in [0.29, 0.717) is 11.6 Å². The molecular formula is C12H15ClN2O2. The van der Waals surface area contributed by atoms with Crippen LogP contribution in [0, 0.1) is 11.8 Å². The van der Waals surface area contributed by atoms with E-state index in [1.165, 1.54) is 7.11 Å². The average Bonchev–Trinajstić information content (AvgIpc) is 2.71. The maximum atomic E-state index is 11.6. The molecule has 0 aromatic carbocycles. The van der Waals surface area contributed by atoms with Gasteiger partial charge in [-0.3, -0.25) is 4.79 Å². The summed E-state index contributed by atoms with van der Waals surface area (Å²) < 4.78 is 4.80. The zero-order valence-electron chi connectivity index (χ0n) is 9.89. The molecule has 1 fully saturated rings. The molecule has 17 heavy (non-hydrogen) atoms. The lowest BCUT2D eigenvalue weighted by Crippen LogP contribution is -2.24. The van der Waals surface area contributed by atoms with E-state index >= 15 is 0 Å². The molecule has 0 bridgehead atoms. The van der Waals surface area contributed by atoms with Gasteiger partial charge < -0.3 is 9.64 Å². The van der Waals surface area contributed by atoms with Crippen LogP contribution in [0.1, 0.15) is 6.92 Å². The summed E-state index contributed by atoms with van der Waals surface area (Å²) in [5, 5.41) is 0.616. The van der Waals surface area contributed by atoms with Crippen LogP contribution in [-0.2, 0) is 9.53 Å². The van der Waals surface area contributed by atoms with Crippen molar-refractivity contribution in [2.24, 2.45) is 11.8 Å². The molecule has 1 aromatic heterocycles. The minimum atomic E-state index is -0.160. The van der Waals surface area contributed by atoms with Crippen LogP contribution in [0.5, 0.6) is 0 Å². The Labute approximate surface area is 106 Å². The SMILES string of the molecule is COC(=O)C1CN(c2ncccc2Cl)CC1C. The standard InChI is InChI=1S/C12H15ClN2O2/c1-8-6-15(7-9(8)12(16)17-2)11-10(13)4-3-5-14-11/h3-5,8-9H,6-7H2,1-2H3. The van der Waals surface area contributed by atoms with Crippen molar-refractivity contribution < 1.29 is 9.53 Å². The first kappa shape index (κ1) is 12.2. The average molecular weight is 255 g/mol. The number of anilines is 1. The number of nitrogens with zero attached hydrogens (tertiary/aromatic N) is 2. The summed E-state index contributed by atoms with van der Waals surface area (Å²) in [4.78, 5) is 17.9. The molecule has 1 aromatic rings. The molecular weight excluding hydrogens is 240 g/mol. The molecule has 2 atom stereocenters. The molecule has 2 rings (SSSR count). The third-order valence-electron chi connectivity index (χ3n) is 3.15. The zero-order chi connectivity index (χ0) is 12.4. The third kappa shape index (κ3) is 2.36. The van der Waals surface area contributed by atoms with E-state index in [4.69, 9.17) is 16.3 Å². The van der Waals surface area contributed by atoms with E-state index < -0.39 is 0 Å². The van der Waals surface area contributed by atoms with Gasteiger partial charge in [-0.05, 0) is 18.1 Å². The van der Waals surface area contributed by atoms with Gasteiger partial charge in [-0.1, -0.05) is 18.5 Å². The largest absolute Gasteiger partial charge is 0.469 e. The van der Waals surface area contributed by atoms with Crippen LogP contribution in [0.3, 0.4) is 0 Å². The molecule has 2 heterocycles. The van der Waals surface area contributed by atoms with Crippen LogP contribution in [0.15, 0.2) is 18.3 Å². The Morgan fingerprint density at radius 1 is 1.59 bits per heavy atom. The number of methoxy groups -OCH3 is 1. The number of esters is 1. The van der Waals surface area contributed by atoms with E-state index in [1.54, 1.807) is 18.3 Å². The van der Waals surface area contributed by atoms with E-state index in [2.05, 4.69) is 4.98 Å². The number of carbonyl (C=O) groups is 1. The molecule has 0 spiro atoms. The quantitative estimate of drug-likeness (QED) is 0.757. The molecule has 1 saturated heterocycles. The van der Waals surface area contributed by atoms with Gasteiger partial charge in [0.05, 0.1) is 18.1 Å². The van der Waals surface area contributed by atoms with Crippen LogP contribution in [0.2, 0.25) is 5.02 Å². The summed E-state index contributed by atoms with van der Waals surface area (Å²) in [5.41, 5.74) is 0.